The highest BCUT2D eigenvalue weighted by molar-refractivity contribution is 9.10. The molecule has 0 aromatic carbocycles. The Morgan fingerprint density at radius 2 is 2.29 bits per heavy atom. The molecule has 0 radical (unpaired) electrons. The molecule has 17 heavy (non-hydrogen) atoms. The number of nitrogens with one attached hydrogen (secondary N) is 2. The van der Waals surface area contributed by atoms with E-state index in [1.165, 1.54) is 6.39 Å². The lowest BCUT2D eigenvalue weighted by molar-refractivity contribution is 0.410. The van der Waals surface area contributed by atoms with Gasteiger partial charge in [0.25, 0.3) is 0 Å². The van der Waals surface area contributed by atoms with Crippen LogP contribution in [0.15, 0.2) is 21.6 Å². The molecule has 0 aliphatic heterocycles. The van der Waals surface area contributed by atoms with Gasteiger partial charge in [-0.1, -0.05) is 5.16 Å². The van der Waals surface area contributed by atoms with Gasteiger partial charge >= 0.3 is 0 Å². The van der Waals surface area contributed by atoms with Gasteiger partial charge in [-0.05, 0) is 15.9 Å². The summed E-state index contributed by atoms with van der Waals surface area (Å²) < 4.78 is 5.45. The van der Waals surface area contributed by atoms with Gasteiger partial charge in [-0.15, -0.1) is 0 Å². The number of hydrogen-bond acceptors (Lipinski definition) is 7. The van der Waals surface area contributed by atoms with Crippen LogP contribution >= 0.6 is 15.9 Å². The number of nitrogens with zero attached hydrogens (tertiary/aromatic N) is 4. The quantitative estimate of drug-likeness (QED) is 0.860. The summed E-state index contributed by atoms with van der Waals surface area (Å²) >= 11 is 3.37. The lowest BCUT2D eigenvalue weighted by atomic mass is 10.4. The standard InChI is InChI=1S/C9H11BrN6O/c1-11-9-13-4-6(10)8(15-9)12-3-2-7-14-5-17-16-7/h4-5H,2-3H2,1H3,(H2,11,12,13,15). The Hall–Kier alpha value is -1.70. The van der Waals surface area contributed by atoms with E-state index in [2.05, 4.69) is 51.2 Å². The molecule has 0 aliphatic rings. The third-order valence-corrected chi connectivity index (χ3v) is 2.60. The van der Waals surface area contributed by atoms with E-state index < -0.39 is 0 Å². The molecule has 2 aromatic rings. The SMILES string of the molecule is CNc1ncc(Br)c(NCCc2ncon2)n1. The summed E-state index contributed by atoms with van der Waals surface area (Å²) in [4.78, 5) is 12.3. The first kappa shape index (κ1) is 11.8. The Kier molecular flexibility index (Phi) is 3.86. The Labute approximate surface area is 106 Å². The molecule has 0 saturated heterocycles. The minimum absolute atomic E-state index is 0.565. The predicted octanol–water partition coefficient (Wildman–Crippen LogP) is 1.32. The van der Waals surface area contributed by atoms with E-state index in [4.69, 9.17) is 0 Å². The summed E-state index contributed by atoms with van der Waals surface area (Å²) in [5.41, 5.74) is 0. The molecule has 8 heteroatoms. The molecule has 7 nitrogen and oxygen atoms in total. The molecule has 0 amide bonds. The van der Waals surface area contributed by atoms with Crippen molar-refractivity contribution in [2.24, 2.45) is 0 Å². The van der Waals surface area contributed by atoms with Gasteiger partial charge in [0.1, 0.15) is 5.82 Å². The number of halogens is 1. The average Bonchev–Trinajstić information content (AvgIpc) is 2.84. The highest BCUT2D eigenvalue weighted by atomic mass is 79.9. The summed E-state index contributed by atoms with van der Waals surface area (Å²) in [6.07, 6.45) is 3.67. The second-order valence-corrected chi connectivity index (χ2v) is 4.02. The minimum Gasteiger partial charge on any atom is -0.369 e. The van der Waals surface area contributed by atoms with E-state index in [0.29, 0.717) is 24.7 Å². The molecular formula is C9H11BrN6O. The molecule has 90 valence electrons. The normalized spacial score (nSPS) is 10.2. The highest BCUT2D eigenvalue weighted by Crippen LogP contribution is 2.19. The molecule has 0 atom stereocenters. The number of anilines is 2. The Balaban J connectivity index is 1.94. The molecule has 0 fully saturated rings. The van der Waals surface area contributed by atoms with E-state index in [1.807, 2.05) is 0 Å². The second kappa shape index (κ2) is 5.58. The van der Waals surface area contributed by atoms with Gasteiger partial charge < -0.3 is 15.2 Å². The zero-order valence-electron chi connectivity index (χ0n) is 9.14. The van der Waals surface area contributed by atoms with Gasteiger partial charge in [-0.3, -0.25) is 0 Å². The van der Waals surface area contributed by atoms with Gasteiger partial charge in [-0.2, -0.15) is 9.97 Å². The largest absolute Gasteiger partial charge is 0.369 e. The zero-order chi connectivity index (χ0) is 12.1. The molecule has 0 aliphatic carbocycles. The molecular weight excluding hydrogens is 288 g/mol. The van der Waals surface area contributed by atoms with Crippen LogP contribution in [0.4, 0.5) is 11.8 Å². The Bertz CT molecular complexity index is 474. The Morgan fingerprint density at radius 1 is 1.41 bits per heavy atom. The van der Waals surface area contributed by atoms with Crippen LogP contribution in [0, 0.1) is 0 Å². The molecule has 2 aromatic heterocycles. The summed E-state index contributed by atoms with van der Waals surface area (Å²) in [5, 5.41) is 9.76. The molecule has 0 unspecified atom stereocenters. The van der Waals surface area contributed by atoms with Crippen LogP contribution in [-0.4, -0.2) is 33.7 Å². The maximum Gasteiger partial charge on any atom is 0.224 e. The summed E-state index contributed by atoms with van der Waals surface area (Å²) in [6.45, 7) is 0.665. The van der Waals surface area contributed by atoms with Crippen molar-refractivity contribution in [1.82, 2.24) is 20.1 Å². The number of rotatable bonds is 5. The first-order valence-corrected chi connectivity index (χ1v) is 5.78. The van der Waals surface area contributed by atoms with E-state index >= 15 is 0 Å². The van der Waals surface area contributed by atoms with Crippen molar-refractivity contribution in [3.05, 3.63) is 22.9 Å². The molecule has 2 heterocycles. The van der Waals surface area contributed by atoms with E-state index in [9.17, 15) is 0 Å². The van der Waals surface area contributed by atoms with E-state index in [-0.39, 0.29) is 0 Å². The molecule has 0 bridgehead atoms. The van der Waals surface area contributed by atoms with Crippen molar-refractivity contribution < 1.29 is 4.52 Å². The van der Waals surface area contributed by atoms with Gasteiger partial charge in [0.2, 0.25) is 12.3 Å². The van der Waals surface area contributed by atoms with Crippen LogP contribution in [0.25, 0.3) is 0 Å². The van der Waals surface area contributed by atoms with Crippen LogP contribution in [-0.2, 0) is 6.42 Å². The van der Waals surface area contributed by atoms with Crippen LogP contribution in [0.1, 0.15) is 5.82 Å². The zero-order valence-corrected chi connectivity index (χ0v) is 10.7. The summed E-state index contributed by atoms with van der Waals surface area (Å²) in [6, 6.07) is 0. The smallest absolute Gasteiger partial charge is 0.224 e. The second-order valence-electron chi connectivity index (χ2n) is 3.16. The molecule has 2 rings (SSSR count). The van der Waals surface area contributed by atoms with Crippen LogP contribution < -0.4 is 10.6 Å². The van der Waals surface area contributed by atoms with Gasteiger partial charge in [0.15, 0.2) is 5.82 Å². The highest BCUT2D eigenvalue weighted by Gasteiger charge is 2.04. The van der Waals surface area contributed by atoms with E-state index in [1.54, 1.807) is 13.2 Å². The fourth-order valence-corrected chi connectivity index (χ4v) is 1.54. The maximum absolute atomic E-state index is 4.64. The lowest BCUT2D eigenvalue weighted by Gasteiger charge is -2.07. The predicted molar refractivity (Wildman–Crippen MR) is 65.8 cm³/mol. The Morgan fingerprint density at radius 3 is 3.00 bits per heavy atom. The fraction of sp³-hybridized carbons (Fsp3) is 0.333. The summed E-state index contributed by atoms with van der Waals surface area (Å²) in [5.74, 6) is 1.96. The molecule has 2 N–H and O–H groups in total. The van der Waals surface area contributed by atoms with Crippen molar-refractivity contribution in [2.75, 3.05) is 24.2 Å². The van der Waals surface area contributed by atoms with Gasteiger partial charge in [0, 0.05) is 26.2 Å². The van der Waals surface area contributed by atoms with Crippen LogP contribution in [0.5, 0.6) is 0 Å². The topological polar surface area (TPSA) is 88.8 Å². The van der Waals surface area contributed by atoms with Crippen molar-refractivity contribution in [2.45, 2.75) is 6.42 Å². The average molecular weight is 299 g/mol. The maximum atomic E-state index is 4.64. The van der Waals surface area contributed by atoms with Crippen LogP contribution in [0.2, 0.25) is 0 Å². The fourth-order valence-electron chi connectivity index (χ4n) is 1.21. The number of aromatic nitrogens is 4. The third-order valence-electron chi connectivity index (χ3n) is 2.02. The van der Waals surface area contributed by atoms with Crippen molar-refractivity contribution in [3.63, 3.8) is 0 Å². The minimum atomic E-state index is 0.565. The first-order chi connectivity index (χ1) is 8.29. The molecule has 0 spiro atoms. The summed E-state index contributed by atoms with van der Waals surface area (Å²) in [7, 11) is 1.77. The van der Waals surface area contributed by atoms with Gasteiger partial charge in [0.05, 0.1) is 4.47 Å². The van der Waals surface area contributed by atoms with Crippen molar-refractivity contribution in [1.29, 1.82) is 0 Å². The number of hydrogen-bond donors (Lipinski definition) is 2. The third kappa shape index (κ3) is 3.13. The monoisotopic (exact) mass is 298 g/mol. The first-order valence-electron chi connectivity index (χ1n) is 4.99. The van der Waals surface area contributed by atoms with E-state index in [0.717, 1.165) is 10.3 Å². The van der Waals surface area contributed by atoms with Crippen molar-refractivity contribution >= 4 is 27.7 Å². The molecule has 0 saturated carbocycles. The lowest BCUT2D eigenvalue weighted by Crippen LogP contribution is -2.09. The van der Waals surface area contributed by atoms with Crippen LogP contribution in [0.3, 0.4) is 0 Å². The van der Waals surface area contributed by atoms with Crippen molar-refractivity contribution in [3.8, 4) is 0 Å². The van der Waals surface area contributed by atoms with Gasteiger partial charge in [-0.25, -0.2) is 4.98 Å².